The Hall–Kier alpha value is -1.52. The van der Waals surface area contributed by atoms with Crippen LogP contribution in [0, 0.1) is 0 Å². The molecule has 2 rings (SSSR count). The van der Waals surface area contributed by atoms with Crippen molar-refractivity contribution < 1.29 is 4.74 Å². The van der Waals surface area contributed by atoms with E-state index in [0.29, 0.717) is 16.6 Å². The first kappa shape index (κ1) is 13.9. The number of benzene rings is 1. The number of ether oxygens (including phenoxy) is 1. The Labute approximate surface area is 121 Å². The molecule has 19 heavy (non-hydrogen) atoms. The average Bonchev–Trinajstić information content (AvgIpc) is 2.39. The largest absolute Gasteiger partial charge is 0.490 e. The Morgan fingerprint density at radius 2 is 1.84 bits per heavy atom. The molecule has 0 amide bonds. The van der Waals surface area contributed by atoms with Gasteiger partial charge in [-0.25, -0.2) is 9.97 Å². The van der Waals surface area contributed by atoms with E-state index >= 15 is 0 Å². The molecule has 0 spiro atoms. The van der Waals surface area contributed by atoms with Gasteiger partial charge in [-0.2, -0.15) is 0 Å². The van der Waals surface area contributed by atoms with Gasteiger partial charge in [0.15, 0.2) is 16.7 Å². The molecule has 0 radical (unpaired) electrons. The Kier molecular flexibility index (Phi) is 4.45. The molecule has 0 aliphatic heterocycles. The number of hydrogen-bond donors (Lipinski definition) is 1. The molecule has 0 bridgehead atoms. The standard InChI is InChI=1S/C13H13Cl2N3O/c1-8(9-3-5-10(14)6-4-9)18-13-11(19-2)12(15)16-7-17-13/h3-8H,1-2H3,(H,16,17,18). The van der Waals surface area contributed by atoms with Crippen molar-refractivity contribution in [1.29, 1.82) is 0 Å². The summed E-state index contributed by atoms with van der Waals surface area (Å²) in [5.41, 5.74) is 1.08. The van der Waals surface area contributed by atoms with Crippen LogP contribution in [0.2, 0.25) is 10.2 Å². The Morgan fingerprint density at radius 1 is 1.16 bits per heavy atom. The van der Waals surface area contributed by atoms with Gasteiger partial charge in [-0.05, 0) is 24.6 Å². The Morgan fingerprint density at radius 3 is 2.47 bits per heavy atom. The third kappa shape index (κ3) is 3.28. The first-order valence-corrected chi connectivity index (χ1v) is 6.44. The molecule has 100 valence electrons. The van der Waals surface area contributed by atoms with Crippen LogP contribution in [0.15, 0.2) is 30.6 Å². The third-order valence-corrected chi connectivity index (χ3v) is 3.21. The van der Waals surface area contributed by atoms with Crippen molar-refractivity contribution in [3.8, 4) is 5.75 Å². The molecular weight excluding hydrogens is 285 g/mol. The molecule has 0 aliphatic carbocycles. The topological polar surface area (TPSA) is 47.0 Å². The van der Waals surface area contributed by atoms with Gasteiger partial charge in [0.25, 0.3) is 0 Å². The molecule has 0 saturated carbocycles. The van der Waals surface area contributed by atoms with E-state index in [1.807, 2.05) is 31.2 Å². The van der Waals surface area contributed by atoms with Gasteiger partial charge in [0.2, 0.25) is 0 Å². The predicted molar refractivity (Wildman–Crippen MR) is 77.1 cm³/mol. The monoisotopic (exact) mass is 297 g/mol. The molecule has 0 saturated heterocycles. The maximum Gasteiger partial charge on any atom is 0.198 e. The van der Waals surface area contributed by atoms with Gasteiger partial charge < -0.3 is 10.1 Å². The van der Waals surface area contributed by atoms with Crippen molar-refractivity contribution >= 4 is 29.0 Å². The maximum absolute atomic E-state index is 5.95. The summed E-state index contributed by atoms with van der Waals surface area (Å²) >= 11 is 11.8. The van der Waals surface area contributed by atoms with Gasteiger partial charge >= 0.3 is 0 Å². The van der Waals surface area contributed by atoms with Gasteiger partial charge in [-0.15, -0.1) is 0 Å². The van der Waals surface area contributed by atoms with E-state index in [1.54, 1.807) is 0 Å². The summed E-state index contributed by atoms with van der Waals surface area (Å²) in [6.07, 6.45) is 1.39. The molecule has 1 aromatic heterocycles. The van der Waals surface area contributed by atoms with Crippen LogP contribution in [-0.2, 0) is 0 Å². The number of rotatable bonds is 4. The van der Waals surface area contributed by atoms with E-state index in [2.05, 4.69) is 15.3 Å². The molecule has 1 unspecified atom stereocenters. The highest BCUT2D eigenvalue weighted by atomic mass is 35.5. The van der Waals surface area contributed by atoms with Crippen molar-refractivity contribution in [1.82, 2.24) is 9.97 Å². The first-order chi connectivity index (χ1) is 9.11. The fourth-order valence-corrected chi connectivity index (χ4v) is 2.01. The molecule has 1 atom stereocenters. The fourth-order valence-electron chi connectivity index (χ4n) is 1.68. The number of anilines is 1. The summed E-state index contributed by atoms with van der Waals surface area (Å²) in [6.45, 7) is 2.01. The normalized spacial score (nSPS) is 12.0. The molecule has 4 nitrogen and oxygen atoms in total. The number of halogens is 2. The summed E-state index contributed by atoms with van der Waals surface area (Å²) in [5.74, 6) is 0.995. The van der Waals surface area contributed by atoms with E-state index in [-0.39, 0.29) is 11.2 Å². The van der Waals surface area contributed by atoms with Crippen LogP contribution >= 0.6 is 23.2 Å². The minimum Gasteiger partial charge on any atom is -0.490 e. The fraction of sp³-hybridized carbons (Fsp3) is 0.231. The van der Waals surface area contributed by atoms with Crippen LogP contribution in [0.25, 0.3) is 0 Å². The van der Waals surface area contributed by atoms with Crippen LogP contribution in [0.4, 0.5) is 5.82 Å². The zero-order chi connectivity index (χ0) is 13.8. The smallest absolute Gasteiger partial charge is 0.198 e. The highest BCUT2D eigenvalue weighted by molar-refractivity contribution is 6.31. The number of aromatic nitrogens is 2. The number of nitrogens with zero attached hydrogens (tertiary/aromatic N) is 2. The summed E-state index contributed by atoms with van der Waals surface area (Å²) in [6, 6.07) is 7.64. The molecule has 6 heteroatoms. The lowest BCUT2D eigenvalue weighted by atomic mass is 10.1. The molecule has 2 aromatic rings. The lowest BCUT2D eigenvalue weighted by Crippen LogP contribution is -2.09. The van der Waals surface area contributed by atoms with Crippen LogP contribution in [0.3, 0.4) is 0 Å². The minimum absolute atomic E-state index is 0.0390. The quantitative estimate of drug-likeness (QED) is 0.868. The number of hydrogen-bond acceptors (Lipinski definition) is 4. The number of nitrogens with one attached hydrogen (secondary N) is 1. The minimum atomic E-state index is 0.0390. The lowest BCUT2D eigenvalue weighted by Gasteiger charge is -2.17. The van der Waals surface area contributed by atoms with Crippen molar-refractivity contribution in [2.24, 2.45) is 0 Å². The molecular formula is C13H13Cl2N3O. The van der Waals surface area contributed by atoms with Gasteiger partial charge in [-0.3, -0.25) is 0 Å². The van der Waals surface area contributed by atoms with E-state index in [0.717, 1.165) is 5.56 Å². The molecule has 1 aromatic carbocycles. The predicted octanol–water partition coefficient (Wildman–Crippen LogP) is 3.97. The summed E-state index contributed by atoms with van der Waals surface area (Å²) in [5, 5.41) is 4.22. The Balaban J connectivity index is 2.21. The maximum atomic E-state index is 5.95. The van der Waals surface area contributed by atoms with E-state index in [1.165, 1.54) is 13.4 Å². The Bertz CT molecular complexity index is 560. The lowest BCUT2D eigenvalue weighted by molar-refractivity contribution is 0.412. The SMILES string of the molecule is COc1c(Cl)ncnc1NC(C)c1ccc(Cl)cc1. The molecule has 1 N–H and O–H groups in total. The van der Waals surface area contributed by atoms with Crippen molar-refractivity contribution in [2.45, 2.75) is 13.0 Å². The highest BCUT2D eigenvalue weighted by Gasteiger charge is 2.13. The van der Waals surface area contributed by atoms with Crippen LogP contribution in [0.1, 0.15) is 18.5 Å². The summed E-state index contributed by atoms with van der Waals surface area (Å²) < 4.78 is 5.19. The van der Waals surface area contributed by atoms with Gasteiger partial charge in [-0.1, -0.05) is 35.3 Å². The molecule has 0 fully saturated rings. The van der Waals surface area contributed by atoms with Crippen molar-refractivity contribution in [2.75, 3.05) is 12.4 Å². The van der Waals surface area contributed by atoms with Gasteiger partial charge in [0, 0.05) is 5.02 Å². The van der Waals surface area contributed by atoms with Crippen molar-refractivity contribution in [3.05, 3.63) is 46.3 Å². The van der Waals surface area contributed by atoms with Crippen molar-refractivity contribution in [3.63, 3.8) is 0 Å². The summed E-state index contributed by atoms with van der Waals surface area (Å²) in [4.78, 5) is 8.01. The zero-order valence-corrected chi connectivity index (χ0v) is 12.0. The van der Waals surface area contributed by atoms with E-state index in [9.17, 15) is 0 Å². The first-order valence-electron chi connectivity index (χ1n) is 5.68. The van der Waals surface area contributed by atoms with E-state index in [4.69, 9.17) is 27.9 Å². The third-order valence-electron chi connectivity index (χ3n) is 2.69. The molecule has 0 aliphatic rings. The molecule has 1 heterocycles. The zero-order valence-electron chi connectivity index (χ0n) is 10.5. The van der Waals surface area contributed by atoms with Gasteiger partial charge in [0.1, 0.15) is 6.33 Å². The van der Waals surface area contributed by atoms with E-state index < -0.39 is 0 Å². The van der Waals surface area contributed by atoms with Gasteiger partial charge in [0.05, 0.1) is 13.2 Å². The highest BCUT2D eigenvalue weighted by Crippen LogP contribution is 2.31. The average molecular weight is 298 g/mol. The summed E-state index contributed by atoms with van der Waals surface area (Å²) in [7, 11) is 1.53. The van der Waals surface area contributed by atoms with Crippen LogP contribution < -0.4 is 10.1 Å². The van der Waals surface area contributed by atoms with Crippen LogP contribution in [-0.4, -0.2) is 17.1 Å². The second kappa shape index (κ2) is 6.08. The second-order valence-electron chi connectivity index (χ2n) is 3.96. The number of methoxy groups -OCH3 is 1. The van der Waals surface area contributed by atoms with Crippen LogP contribution in [0.5, 0.6) is 5.75 Å². The second-order valence-corrected chi connectivity index (χ2v) is 4.76.